The standard InChI is InChI=1S/C13H18N2O3S.C4H10N2.CH3/c1-14-4-6-15(7-5-14)12(16)10-8-2-3-9(18-8)11(10)13(17)19;1-2-6-4-3-5-1;/h2-3,8-11H,4-7H2,1H3,(H,17,19);5-6H,1-4H2;1H3/q;;+1/t8-,9+,10?,11?;;/m0../s1. The summed E-state index contributed by atoms with van der Waals surface area (Å²) in [6.45, 7) is 7.76. The Kier molecular flexibility index (Phi) is 7.97. The quantitative estimate of drug-likeness (QED) is 0.337. The first kappa shape index (κ1) is 21.2. The van der Waals surface area contributed by atoms with E-state index >= 15 is 0 Å². The van der Waals surface area contributed by atoms with Gasteiger partial charge in [0, 0.05) is 59.8 Å². The Balaban J connectivity index is 0.000000297. The zero-order valence-electron chi connectivity index (χ0n) is 15.7. The van der Waals surface area contributed by atoms with Crippen molar-refractivity contribution in [3.63, 3.8) is 0 Å². The zero-order chi connectivity index (χ0) is 17.8. The number of amides is 1. The Morgan fingerprint density at radius 3 is 1.92 bits per heavy atom. The van der Waals surface area contributed by atoms with Gasteiger partial charge in [-0.3, -0.25) is 9.59 Å². The van der Waals surface area contributed by atoms with Crippen LogP contribution in [0.2, 0.25) is 0 Å². The average molecular weight is 384 g/mol. The molecule has 0 aromatic rings. The molecule has 4 heterocycles. The van der Waals surface area contributed by atoms with Gasteiger partial charge >= 0.3 is 0 Å². The van der Waals surface area contributed by atoms with Crippen LogP contribution in [-0.4, -0.2) is 92.4 Å². The van der Waals surface area contributed by atoms with E-state index in [9.17, 15) is 9.59 Å². The number of carbonyl (C=O) groups excluding carboxylic acids is 2. The van der Waals surface area contributed by atoms with Gasteiger partial charge in [-0.1, -0.05) is 12.2 Å². The monoisotopic (exact) mass is 383 g/mol. The van der Waals surface area contributed by atoms with E-state index in [2.05, 4.69) is 28.2 Å². The third-order valence-corrected chi connectivity index (χ3v) is 5.54. The Labute approximate surface area is 161 Å². The molecule has 8 heteroatoms. The molecule has 4 aliphatic rings. The van der Waals surface area contributed by atoms with Gasteiger partial charge in [-0.25, -0.2) is 0 Å². The molecule has 0 spiro atoms. The molecular weight excluding hydrogens is 352 g/mol. The minimum absolute atomic E-state index is 0. The predicted molar refractivity (Wildman–Crippen MR) is 105 cm³/mol. The number of piperazine rings is 2. The second-order valence-corrected chi connectivity index (χ2v) is 7.41. The first-order valence-corrected chi connectivity index (χ1v) is 9.48. The molecule has 146 valence electrons. The highest BCUT2D eigenvalue weighted by Gasteiger charge is 2.53. The summed E-state index contributed by atoms with van der Waals surface area (Å²) in [6.07, 6.45) is 3.25. The highest BCUT2D eigenvalue weighted by molar-refractivity contribution is 7.96. The summed E-state index contributed by atoms with van der Waals surface area (Å²) in [7, 11) is 2.05. The number of thiol groups is 1. The van der Waals surface area contributed by atoms with E-state index in [0.717, 1.165) is 52.4 Å². The maximum absolute atomic E-state index is 12.6. The lowest BCUT2D eigenvalue weighted by molar-refractivity contribution is -0.140. The van der Waals surface area contributed by atoms with Gasteiger partial charge in [-0.2, -0.15) is 0 Å². The van der Waals surface area contributed by atoms with Gasteiger partial charge < -0.3 is 25.2 Å². The van der Waals surface area contributed by atoms with Crippen molar-refractivity contribution in [2.75, 3.05) is 59.4 Å². The fourth-order valence-electron chi connectivity index (χ4n) is 3.74. The van der Waals surface area contributed by atoms with E-state index in [1.807, 2.05) is 24.1 Å². The summed E-state index contributed by atoms with van der Waals surface area (Å²) in [5.41, 5.74) is 0. The number of ether oxygens (including phenoxy) is 1. The van der Waals surface area contributed by atoms with E-state index in [1.165, 1.54) is 0 Å². The van der Waals surface area contributed by atoms with E-state index in [0.29, 0.717) is 0 Å². The minimum Gasteiger partial charge on any atom is -0.365 e. The van der Waals surface area contributed by atoms with Crippen LogP contribution in [0.5, 0.6) is 0 Å². The Morgan fingerprint density at radius 1 is 0.962 bits per heavy atom. The molecule has 4 atom stereocenters. The maximum Gasteiger partial charge on any atom is 0.229 e. The molecule has 0 aromatic carbocycles. The van der Waals surface area contributed by atoms with Crippen molar-refractivity contribution < 1.29 is 14.3 Å². The van der Waals surface area contributed by atoms with E-state index < -0.39 is 5.92 Å². The highest BCUT2D eigenvalue weighted by atomic mass is 32.1. The van der Waals surface area contributed by atoms with Gasteiger partial charge in [0.2, 0.25) is 5.91 Å². The van der Waals surface area contributed by atoms with Crippen LogP contribution in [0.1, 0.15) is 0 Å². The number of rotatable bonds is 2. The summed E-state index contributed by atoms with van der Waals surface area (Å²) < 4.78 is 5.65. The SMILES string of the molecule is C1CNCCN1.CN1CCN(C(=O)C2C(C(=O)S)[C@H]3C=C[C@@H]2O3)CC1.[CH3+]. The molecule has 0 radical (unpaired) electrons. The maximum atomic E-state index is 12.6. The molecule has 3 saturated heterocycles. The summed E-state index contributed by atoms with van der Waals surface area (Å²) in [4.78, 5) is 28.3. The number of fused-ring (bicyclic) bond motifs is 2. The van der Waals surface area contributed by atoms with E-state index in [4.69, 9.17) is 4.74 Å². The molecule has 2 unspecified atom stereocenters. The van der Waals surface area contributed by atoms with E-state index in [1.54, 1.807) is 0 Å². The fraction of sp³-hybridized carbons (Fsp3) is 0.722. The summed E-state index contributed by atoms with van der Waals surface area (Å²) >= 11 is 3.93. The third kappa shape index (κ3) is 4.80. The van der Waals surface area contributed by atoms with Crippen LogP contribution in [0.3, 0.4) is 0 Å². The smallest absolute Gasteiger partial charge is 0.229 e. The van der Waals surface area contributed by atoms with Crippen molar-refractivity contribution in [1.82, 2.24) is 20.4 Å². The number of hydrogen-bond donors (Lipinski definition) is 3. The fourth-order valence-corrected chi connectivity index (χ4v) is 4.05. The topological polar surface area (TPSA) is 73.9 Å². The first-order chi connectivity index (χ1) is 12.1. The van der Waals surface area contributed by atoms with Crippen molar-refractivity contribution in [3.8, 4) is 0 Å². The molecule has 0 aliphatic carbocycles. The number of hydrogen-bond acceptors (Lipinski definition) is 6. The zero-order valence-corrected chi connectivity index (χ0v) is 16.6. The summed E-state index contributed by atoms with van der Waals surface area (Å²) in [5, 5.41) is 6.20. The normalized spacial score (nSPS) is 33.2. The molecule has 0 saturated carbocycles. The largest absolute Gasteiger partial charge is 0.365 e. The van der Waals surface area contributed by atoms with Gasteiger partial charge in [0.15, 0.2) is 5.12 Å². The summed E-state index contributed by atoms with van der Waals surface area (Å²) in [6, 6.07) is 0. The third-order valence-electron chi connectivity index (χ3n) is 5.24. The van der Waals surface area contributed by atoms with Crippen molar-refractivity contribution in [2.45, 2.75) is 12.2 Å². The molecule has 1 amide bonds. The van der Waals surface area contributed by atoms with Crippen LogP contribution in [0, 0.1) is 19.3 Å². The first-order valence-electron chi connectivity index (χ1n) is 9.03. The van der Waals surface area contributed by atoms with E-state index in [-0.39, 0.29) is 36.6 Å². The van der Waals surface area contributed by atoms with Gasteiger partial charge in [0.25, 0.3) is 0 Å². The summed E-state index contributed by atoms with van der Waals surface area (Å²) in [5.74, 6) is -0.772. The molecule has 2 bridgehead atoms. The molecular formula is C18H31N4O3S+. The number of nitrogens with one attached hydrogen (secondary N) is 2. The van der Waals surface area contributed by atoms with Gasteiger partial charge in [0.1, 0.15) is 0 Å². The molecule has 2 N–H and O–H groups in total. The highest BCUT2D eigenvalue weighted by Crippen LogP contribution is 2.41. The van der Waals surface area contributed by atoms with Crippen molar-refractivity contribution in [2.24, 2.45) is 11.8 Å². The van der Waals surface area contributed by atoms with Crippen LogP contribution < -0.4 is 10.6 Å². The van der Waals surface area contributed by atoms with Crippen molar-refractivity contribution in [1.29, 1.82) is 0 Å². The van der Waals surface area contributed by atoms with Crippen molar-refractivity contribution in [3.05, 3.63) is 19.6 Å². The molecule has 7 nitrogen and oxygen atoms in total. The van der Waals surface area contributed by atoms with Crippen LogP contribution in [0.4, 0.5) is 0 Å². The number of likely N-dealkylation sites (N-methyl/N-ethyl adjacent to an activating group) is 1. The second kappa shape index (κ2) is 9.75. The average Bonchev–Trinajstić information content (AvgIpc) is 3.25. The predicted octanol–water partition coefficient (Wildman–Crippen LogP) is -0.584. The Morgan fingerprint density at radius 2 is 1.46 bits per heavy atom. The molecule has 4 rings (SSSR count). The van der Waals surface area contributed by atoms with Crippen LogP contribution in [0.15, 0.2) is 12.2 Å². The minimum atomic E-state index is -0.425. The second-order valence-electron chi connectivity index (χ2n) is 6.97. The lowest BCUT2D eigenvalue weighted by atomic mass is 9.82. The van der Waals surface area contributed by atoms with Gasteiger partial charge in [-0.15, -0.1) is 12.6 Å². The lowest BCUT2D eigenvalue weighted by Crippen LogP contribution is -2.51. The van der Waals surface area contributed by atoms with Crippen LogP contribution in [0.25, 0.3) is 0 Å². The number of carbonyl (C=O) groups is 2. The van der Waals surface area contributed by atoms with Crippen LogP contribution >= 0.6 is 12.6 Å². The lowest BCUT2D eigenvalue weighted by Gasteiger charge is -2.35. The molecule has 26 heavy (non-hydrogen) atoms. The Hall–Kier alpha value is -1.06. The molecule has 4 aliphatic heterocycles. The Bertz CT molecular complexity index is 507. The molecule has 3 fully saturated rings. The van der Waals surface area contributed by atoms with Crippen molar-refractivity contribution >= 4 is 23.7 Å². The van der Waals surface area contributed by atoms with Gasteiger partial charge in [-0.05, 0) is 7.05 Å². The molecule has 0 aromatic heterocycles. The number of nitrogens with zero attached hydrogens (tertiary/aromatic N) is 2. The van der Waals surface area contributed by atoms with Crippen LogP contribution in [-0.2, 0) is 14.3 Å². The van der Waals surface area contributed by atoms with Gasteiger partial charge in [0.05, 0.1) is 24.0 Å².